The number of likely N-dealkylation sites (tertiary alicyclic amines) is 1. The Balaban J connectivity index is 1.12. The average molecular weight is 479 g/mol. The summed E-state index contributed by atoms with van der Waals surface area (Å²) in [5.74, 6) is 3.09. The summed E-state index contributed by atoms with van der Waals surface area (Å²) < 4.78 is 7.15. The van der Waals surface area contributed by atoms with Crippen molar-refractivity contribution in [3.8, 4) is 0 Å². The van der Waals surface area contributed by atoms with Gasteiger partial charge in [0.05, 0.1) is 18.7 Å². The first-order valence-corrected chi connectivity index (χ1v) is 13.5. The fraction of sp³-hybridized carbons (Fsp3) is 0.679. The zero-order valence-corrected chi connectivity index (χ0v) is 20.9. The molecule has 1 N–H and O–H groups in total. The van der Waals surface area contributed by atoms with Gasteiger partial charge in [-0.25, -0.2) is 4.98 Å². The zero-order chi connectivity index (χ0) is 24.0. The first kappa shape index (κ1) is 23.0. The number of fused-ring (bicyclic) bond motifs is 1. The monoisotopic (exact) mass is 478 g/mol. The molecule has 7 rings (SSSR count). The maximum Gasteiger partial charge on any atom is 0.268 e. The Kier molecular flexibility index (Phi) is 6.07. The Hall–Kier alpha value is -2.41. The third-order valence-corrected chi connectivity index (χ3v) is 9.17. The van der Waals surface area contributed by atoms with Gasteiger partial charge in [0, 0.05) is 32.9 Å². The highest BCUT2D eigenvalue weighted by molar-refractivity contribution is 5.93. The molecular weight excluding hydrogens is 440 g/mol. The van der Waals surface area contributed by atoms with Gasteiger partial charge in [-0.15, -0.1) is 0 Å². The lowest BCUT2D eigenvalue weighted by Gasteiger charge is -2.56. The van der Waals surface area contributed by atoms with Gasteiger partial charge in [-0.05, 0) is 92.6 Å². The van der Waals surface area contributed by atoms with Crippen LogP contribution >= 0.6 is 0 Å². The summed E-state index contributed by atoms with van der Waals surface area (Å²) >= 11 is 0. The quantitative estimate of drug-likeness (QED) is 0.658. The molecule has 0 radical (unpaired) electrons. The largest absolute Gasteiger partial charge is 0.384 e. The van der Waals surface area contributed by atoms with Crippen molar-refractivity contribution in [2.24, 2.45) is 29.1 Å². The molecule has 2 aromatic rings. The average Bonchev–Trinajstić information content (AvgIpc) is 3.24. The third kappa shape index (κ3) is 4.59. The minimum absolute atomic E-state index is 0.0416. The van der Waals surface area contributed by atoms with E-state index < -0.39 is 0 Å². The highest BCUT2D eigenvalue weighted by Gasteiger charge is 2.50. The van der Waals surface area contributed by atoms with E-state index in [2.05, 4.69) is 10.3 Å². The number of pyridine rings is 1. The highest BCUT2D eigenvalue weighted by atomic mass is 16.5. The number of nitrogens with one attached hydrogen (secondary N) is 1. The van der Waals surface area contributed by atoms with Gasteiger partial charge in [0.25, 0.3) is 5.91 Å². The van der Waals surface area contributed by atoms with Gasteiger partial charge in [-0.1, -0.05) is 6.07 Å². The molecule has 1 saturated heterocycles. The van der Waals surface area contributed by atoms with Crippen LogP contribution < -0.4 is 5.32 Å². The van der Waals surface area contributed by atoms with Crippen LogP contribution in [0.1, 0.15) is 67.5 Å². The van der Waals surface area contributed by atoms with Gasteiger partial charge < -0.3 is 15.0 Å². The van der Waals surface area contributed by atoms with Crippen LogP contribution in [0.4, 0.5) is 0 Å². The highest BCUT2D eigenvalue weighted by Crippen LogP contribution is 2.59. The molecular formula is C28H38N4O3. The van der Waals surface area contributed by atoms with Crippen molar-refractivity contribution in [3.05, 3.63) is 35.8 Å². The molecule has 1 atom stereocenters. The number of imidazole rings is 1. The first-order valence-electron chi connectivity index (χ1n) is 13.5. The van der Waals surface area contributed by atoms with Gasteiger partial charge in [-0.3, -0.25) is 14.0 Å². The van der Waals surface area contributed by atoms with Crippen LogP contribution in [0.2, 0.25) is 0 Å². The van der Waals surface area contributed by atoms with Crippen molar-refractivity contribution in [1.29, 1.82) is 0 Å². The molecule has 2 aromatic heterocycles. The molecule has 7 heteroatoms. The number of carbonyl (C=O) groups excluding carboxylic acids is 2. The normalized spacial score (nSPS) is 31.7. The molecule has 7 nitrogen and oxygen atoms in total. The molecule has 2 amide bonds. The number of carbonyl (C=O) groups is 2. The lowest BCUT2D eigenvalue weighted by Crippen LogP contribution is -2.51. The lowest BCUT2D eigenvalue weighted by atomic mass is 9.49. The topological polar surface area (TPSA) is 75.9 Å². The minimum Gasteiger partial charge on any atom is -0.384 e. The third-order valence-electron chi connectivity index (χ3n) is 9.17. The van der Waals surface area contributed by atoms with Crippen molar-refractivity contribution < 1.29 is 14.3 Å². The summed E-state index contributed by atoms with van der Waals surface area (Å²) in [7, 11) is 1.72. The Morgan fingerprint density at radius 1 is 1.14 bits per heavy atom. The number of methoxy groups -OCH3 is 1. The van der Waals surface area contributed by atoms with Crippen LogP contribution in [0.25, 0.3) is 5.65 Å². The molecule has 4 saturated carbocycles. The van der Waals surface area contributed by atoms with Gasteiger partial charge in [0.2, 0.25) is 5.91 Å². The van der Waals surface area contributed by atoms with E-state index in [1.807, 2.05) is 33.7 Å². The molecule has 1 aliphatic heterocycles. The van der Waals surface area contributed by atoms with E-state index in [-0.39, 0.29) is 18.2 Å². The molecule has 5 fully saturated rings. The Labute approximate surface area is 207 Å². The fourth-order valence-electron chi connectivity index (χ4n) is 8.13. The number of piperidine rings is 1. The number of aromatic nitrogens is 2. The summed E-state index contributed by atoms with van der Waals surface area (Å²) in [6, 6.07) is 5.64. The number of nitrogens with zero attached hydrogens (tertiary/aromatic N) is 3. The number of amides is 2. The predicted octanol–water partition coefficient (Wildman–Crippen LogP) is 3.71. The van der Waals surface area contributed by atoms with Crippen LogP contribution in [-0.2, 0) is 16.0 Å². The molecule has 188 valence electrons. The van der Waals surface area contributed by atoms with E-state index in [1.54, 1.807) is 7.11 Å². The van der Waals surface area contributed by atoms with E-state index in [9.17, 15) is 9.59 Å². The maximum absolute atomic E-state index is 13.3. The van der Waals surface area contributed by atoms with E-state index in [0.29, 0.717) is 35.0 Å². The Morgan fingerprint density at radius 2 is 1.89 bits per heavy atom. The van der Waals surface area contributed by atoms with E-state index in [4.69, 9.17) is 4.74 Å². The second-order valence-electron chi connectivity index (χ2n) is 12.0. The first-order chi connectivity index (χ1) is 17.0. The van der Waals surface area contributed by atoms with Gasteiger partial charge in [0.15, 0.2) is 0 Å². The minimum atomic E-state index is -0.0416. The van der Waals surface area contributed by atoms with Crippen molar-refractivity contribution in [3.63, 3.8) is 0 Å². The van der Waals surface area contributed by atoms with Gasteiger partial charge >= 0.3 is 0 Å². The Bertz CT molecular complexity index is 1070. The number of hydrogen-bond acceptors (Lipinski definition) is 4. The van der Waals surface area contributed by atoms with Crippen LogP contribution in [0.15, 0.2) is 24.4 Å². The second kappa shape index (κ2) is 9.23. The van der Waals surface area contributed by atoms with Crippen LogP contribution in [-0.4, -0.2) is 59.4 Å². The van der Waals surface area contributed by atoms with E-state index in [1.165, 1.54) is 38.5 Å². The van der Waals surface area contributed by atoms with Crippen molar-refractivity contribution in [1.82, 2.24) is 19.6 Å². The lowest BCUT2D eigenvalue weighted by molar-refractivity contribution is -0.132. The second-order valence-corrected chi connectivity index (χ2v) is 12.0. The number of hydrogen-bond donors (Lipinski definition) is 1. The predicted molar refractivity (Wildman–Crippen MR) is 133 cm³/mol. The van der Waals surface area contributed by atoms with Crippen LogP contribution in [0.5, 0.6) is 0 Å². The zero-order valence-electron chi connectivity index (χ0n) is 20.9. The number of ether oxygens (including phenoxy) is 1. The smallest absolute Gasteiger partial charge is 0.268 e. The summed E-state index contributed by atoms with van der Waals surface area (Å²) in [5, 5.41) is 3.29. The van der Waals surface area contributed by atoms with E-state index >= 15 is 0 Å². The summed E-state index contributed by atoms with van der Waals surface area (Å²) in [4.78, 5) is 32.9. The van der Waals surface area contributed by atoms with Crippen molar-refractivity contribution >= 4 is 17.5 Å². The molecule has 3 heterocycles. The fourth-order valence-corrected chi connectivity index (χ4v) is 8.13. The maximum atomic E-state index is 13.3. The molecule has 35 heavy (non-hydrogen) atoms. The standard InChI is InChI=1S/C28H38N4O3/c1-35-17-19-4-3-7-31(15-19)26(33)11-23-16-32-24(5-2-6-25(32)30-23)27(34)29-18-28-12-20-8-21(13-28)10-22(9-20)14-28/h2,5-6,16,19-22H,3-4,7-15,17-18H2,1H3,(H,29,34). The molecule has 4 aliphatic carbocycles. The molecule has 1 unspecified atom stereocenters. The summed E-state index contributed by atoms with van der Waals surface area (Å²) in [5.41, 5.74) is 2.33. The van der Waals surface area contributed by atoms with E-state index in [0.717, 1.165) is 50.2 Å². The molecule has 5 aliphatic rings. The number of rotatable bonds is 7. The SMILES string of the molecule is COCC1CCCN(C(=O)Cc2cn3c(C(=O)NCC45CC6CC(CC(C6)C4)C5)cccc3n2)C1. The molecule has 4 bridgehead atoms. The van der Waals surface area contributed by atoms with Crippen LogP contribution in [0.3, 0.4) is 0 Å². The summed E-state index contributed by atoms with van der Waals surface area (Å²) in [6.45, 7) is 3.02. The van der Waals surface area contributed by atoms with Gasteiger partial charge in [0.1, 0.15) is 11.3 Å². The molecule has 0 aromatic carbocycles. The summed E-state index contributed by atoms with van der Waals surface area (Å²) in [6.07, 6.45) is 12.3. The van der Waals surface area contributed by atoms with Crippen molar-refractivity contribution in [2.45, 2.75) is 57.8 Å². The van der Waals surface area contributed by atoms with Crippen molar-refractivity contribution in [2.75, 3.05) is 33.4 Å². The van der Waals surface area contributed by atoms with Crippen LogP contribution in [0, 0.1) is 29.1 Å². The Morgan fingerprint density at radius 3 is 2.60 bits per heavy atom. The van der Waals surface area contributed by atoms with Gasteiger partial charge in [-0.2, -0.15) is 0 Å². The molecule has 0 spiro atoms.